The highest BCUT2D eigenvalue weighted by molar-refractivity contribution is 5.89. The van der Waals surface area contributed by atoms with Gasteiger partial charge in [-0.25, -0.2) is 19.4 Å². The fourth-order valence-electron chi connectivity index (χ4n) is 2.96. The molecule has 0 saturated carbocycles. The van der Waals surface area contributed by atoms with Crippen molar-refractivity contribution >= 4 is 18.0 Å². The van der Waals surface area contributed by atoms with Crippen molar-refractivity contribution in [2.24, 2.45) is 5.92 Å². The number of hydrogen-bond donors (Lipinski definition) is 3. The van der Waals surface area contributed by atoms with Crippen LogP contribution in [0, 0.1) is 5.92 Å². The van der Waals surface area contributed by atoms with E-state index in [2.05, 4.69) is 10.6 Å². The molecule has 1 aromatic carbocycles. The number of benzene rings is 1. The molecule has 1 saturated heterocycles. The second-order valence-electron chi connectivity index (χ2n) is 8.90. The smallest absolute Gasteiger partial charge is 0.407 e. The molecule has 0 bridgehead atoms. The molecule has 3 atom stereocenters. The molecule has 1 aliphatic rings. The average Bonchev–Trinajstić information content (AvgIpc) is 2.70. The zero-order valence-corrected chi connectivity index (χ0v) is 18.6. The zero-order chi connectivity index (χ0) is 23.2. The predicted molar refractivity (Wildman–Crippen MR) is 112 cm³/mol. The molecule has 3 N–H and O–H groups in total. The largest absolute Gasteiger partial charge is 0.480 e. The number of hydrogen-bond acceptors (Lipinski definition) is 6. The Balaban J connectivity index is 2.06. The van der Waals surface area contributed by atoms with Gasteiger partial charge in [-0.1, -0.05) is 44.2 Å². The van der Waals surface area contributed by atoms with Gasteiger partial charge in [-0.2, -0.15) is 0 Å². The quantitative estimate of drug-likeness (QED) is 0.481. The van der Waals surface area contributed by atoms with E-state index in [1.165, 1.54) is 0 Å². The monoisotopic (exact) mass is 436 g/mol. The van der Waals surface area contributed by atoms with Crippen molar-refractivity contribution in [2.75, 3.05) is 6.61 Å². The van der Waals surface area contributed by atoms with E-state index >= 15 is 0 Å². The molecule has 9 heteroatoms. The maximum Gasteiger partial charge on any atom is 0.407 e. The van der Waals surface area contributed by atoms with E-state index in [9.17, 15) is 19.5 Å². The van der Waals surface area contributed by atoms with Gasteiger partial charge in [0.05, 0.1) is 0 Å². The summed E-state index contributed by atoms with van der Waals surface area (Å²) in [5.74, 6) is -1.65. The van der Waals surface area contributed by atoms with E-state index in [0.29, 0.717) is 0 Å². The van der Waals surface area contributed by atoms with Crippen LogP contribution in [-0.4, -0.2) is 53.0 Å². The molecule has 0 unspecified atom stereocenters. The zero-order valence-electron chi connectivity index (χ0n) is 18.6. The number of alkyl carbamates (subject to hydrolysis) is 1. The normalized spacial score (nSPS) is 21.5. The summed E-state index contributed by atoms with van der Waals surface area (Å²) in [6.07, 6.45) is -0.355. The number of rotatable bonds is 10. The van der Waals surface area contributed by atoms with E-state index in [1.807, 2.05) is 58.0 Å². The first-order valence-corrected chi connectivity index (χ1v) is 10.3. The first-order valence-electron chi connectivity index (χ1n) is 10.3. The molecular formula is C22H32N2O7. The number of nitrogens with one attached hydrogen (secondary N) is 2. The number of carbonyl (C=O) groups excluding carboxylic acids is 2. The Labute approximate surface area is 182 Å². The average molecular weight is 437 g/mol. The van der Waals surface area contributed by atoms with Crippen molar-refractivity contribution in [3.05, 3.63) is 35.9 Å². The molecule has 0 aliphatic carbocycles. The summed E-state index contributed by atoms with van der Waals surface area (Å²) in [4.78, 5) is 46.9. The maximum absolute atomic E-state index is 12.9. The van der Waals surface area contributed by atoms with Crippen molar-refractivity contribution in [1.82, 2.24) is 10.6 Å². The first kappa shape index (κ1) is 24.6. The summed E-state index contributed by atoms with van der Waals surface area (Å²) in [7, 11) is 0. The lowest BCUT2D eigenvalue weighted by Crippen LogP contribution is -2.64. The molecule has 31 heavy (non-hydrogen) atoms. The summed E-state index contributed by atoms with van der Waals surface area (Å²) < 4.78 is 5.27. The van der Waals surface area contributed by atoms with E-state index in [-0.39, 0.29) is 25.4 Å². The highest BCUT2D eigenvalue weighted by Crippen LogP contribution is 2.39. The highest BCUT2D eigenvalue weighted by Gasteiger charge is 2.55. The molecule has 0 spiro atoms. The van der Waals surface area contributed by atoms with Gasteiger partial charge in [0, 0.05) is 6.42 Å². The van der Waals surface area contributed by atoms with Crippen LogP contribution in [0.1, 0.15) is 46.6 Å². The van der Waals surface area contributed by atoms with E-state index < -0.39 is 41.3 Å². The van der Waals surface area contributed by atoms with E-state index in [4.69, 9.17) is 14.5 Å². The molecule has 0 aromatic heterocycles. The molecule has 172 valence electrons. The molecule has 1 fully saturated rings. The number of carboxylic acids is 1. The predicted octanol–water partition coefficient (Wildman–Crippen LogP) is 2.44. The molecule has 1 aliphatic heterocycles. The van der Waals surface area contributed by atoms with Gasteiger partial charge in [-0.15, -0.1) is 0 Å². The molecule has 1 aromatic rings. The molecule has 2 rings (SSSR count). The standard InChI is InChI=1S/C22H32N2O7/c1-14(2)11-17(19(26)27)23-18(25)16(12-15-9-7-6-8-10-15)24-20(28)29-13-22(5)21(3,4)30-31-22/h6-10,14,16-17H,11-13H2,1-5H3,(H,23,25)(H,24,28)(H,26,27)/t16-,17-,22-/m0/s1. The second kappa shape index (κ2) is 10.1. The maximum atomic E-state index is 12.9. The van der Waals surface area contributed by atoms with Crippen molar-refractivity contribution in [2.45, 2.75) is 70.7 Å². The molecule has 9 nitrogen and oxygen atoms in total. The van der Waals surface area contributed by atoms with Gasteiger partial charge in [-0.05, 0) is 38.7 Å². The Hall–Kier alpha value is -2.65. The van der Waals surface area contributed by atoms with Crippen LogP contribution in [0.5, 0.6) is 0 Å². The number of ether oxygens (including phenoxy) is 1. The topological polar surface area (TPSA) is 123 Å². The van der Waals surface area contributed by atoms with Crippen LogP contribution in [0.15, 0.2) is 30.3 Å². The Morgan fingerprint density at radius 3 is 2.16 bits per heavy atom. The van der Waals surface area contributed by atoms with Gasteiger partial charge in [-0.3, -0.25) is 4.79 Å². The Morgan fingerprint density at radius 1 is 1.03 bits per heavy atom. The molecule has 1 heterocycles. The van der Waals surface area contributed by atoms with E-state index in [0.717, 1.165) is 5.56 Å². The minimum absolute atomic E-state index is 0.0701. The van der Waals surface area contributed by atoms with E-state index in [1.54, 1.807) is 6.92 Å². The minimum atomic E-state index is -1.12. The number of carboxylic acid groups (broad SMARTS) is 1. The first-order chi connectivity index (χ1) is 14.4. The van der Waals surface area contributed by atoms with Crippen molar-refractivity contribution in [3.63, 3.8) is 0 Å². The summed E-state index contributed by atoms with van der Waals surface area (Å²) in [5, 5.41) is 14.5. The van der Waals surface area contributed by atoms with Gasteiger partial charge >= 0.3 is 12.1 Å². The summed E-state index contributed by atoms with van der Waals surface area (Å²) in [5.41, 5.74) is -0.630. The summed E-state index contributed by atoms with van der Waals surface area (Å²) in [6, 6.07) is 7.05. The Kier molecular flexibility index (Phi) is 8.02. The number of aliphatic carboxylic acids is 1. The third kappa shape index (κ3) is 6.67. The SMILES string of the molecule is CC(C)C[C@H](NC(=O)[C@H](Cc1ccccc1)NC(=O)OC[C@]1(C)OOC1(C)C)C(=O)O. The summed E-state index contributed by atoms with van der Waals surface area (Å²) in [6.45, 7) is 9.03. The van der Waals surface area contributed by atoms with Gasteiger partial charge in [0.15, 0.2) is 5.60 Å². The third-order valence-electron chi connectivity index (χ3n) is 5.40. The van der Waals surface area contributed by atoms with Crippen LogP contribution in [0.4, 0.5) is 4.79 Å². The molecular weight excluding hydrogens is 404 g/mol. The van der Waals surface area contributed by atoms with Crippen molar-refractivity contribution < 1.29 is 34.0 Å². The highest BCUT2D eigenvalue weighted by atomic mass is 17.3. The van der Waals surface area contributed by atoms with Gasteiger partial charge in [0.25, 0.3) is 0 Å². The lowest BCUT2D eigenvalue weighted by atomic mass is 9.86. The minimum Gasteiger partial charge on any atom is -0.480 e. The van der Waals surface area contributed by atoms with Crippen LogP contribution in [-0.2, 0) is 30.5 Å². The van der Waals surface area contributed by atoms with Gasteiger partial charge in [0.2, 0.25) is 5.91 Å². The van der Waals surface area contributed by atoms with Gasteiger partial charge in [0.1, 0.15) is 24.3 Å². The molecule has 0 radical (unpaired) electrons. The lowest BCUT2D eigenvalue weighted by molar-refractivity contribution is -0.543. The van der Waals surface area contributed by atoms with Crippen molar-refractivity contribution in [1.29, 1.82) is 0 Å². The van der Waals surface area contributed by atoms with Crippen LogP contribution in [0.2, 0.25) is 0 Å². The number of carbonyl (C=O) groups is 3. The summed E-state index contributed by atoms with van der Waals surface area (Å²) >= 11 is 0. The third-order valence-corrected chi connectivity index (χ3v) is 5.40. The van der Waals surface area contributed by atoms with Gasteiger partial charge < -0.3 is 20.5 Å². The van der Waals surface area contributed by atoms with Crippen LogP contribution >= 0.6 is 0 Å². The lowest BCUT2D eigenvalue weighted by Gasteiger charge is -2.50. The van der Waals surface area contributed by atoms with Crippen LogP contribution in [0.25, 0.3) is 0 Å². The fraction of sp³-hybridized carbons (Fsp3) is 0.591. The second-order valence-corrected chi connectivity index (χ2v) is 8.90. The Bertz CT molecular complexity index is 781. The van der Waals surface area contributed by atoms with Crippen molar-refractivity contribution in [3.8, 4) is 0 Å². The number of amides is 2. The molecule has 2 amide bonds. The van der Waals surface area contributed by atoms with Crippen LogP contribution in [0.3, 0.4) is 0 Å². The van der Waals surface area contributed by atoms with Crippen LogP contribution < -0.4 is 10.6 Å². The Morgan fingerprint density at radius 2 is 1.68 bits per heavy atom. The fourth-order valence-corrected chi connectivity index (χ4v) is 2.96.